The first kappa shape index (κ1) is 15.8. The van der Waals surface area contributed by atoms with Gasteiger partial charge in [-0.2, -0.15) is 35.1 Å². The molecule has 0 aromatic heterocycles. The highest BCUT2D eigenvalue weighted by Gasteiger charge is 2.82. The van der Waals surface area contributed by atoms with Crippen LogP contribution in [-0.4, -0.2) is 31.2 Å². The molecule has 2 nitrogen and oxygen atoms in total. The van der Waals surface area contributed by atoms with Crippen molar-refractivity contribution in [3.63, 3.8) is 0 Å². The predicted octanol–water partition coefficient (Wildman–Crippen LogP) is 2.90. The van der Waals surface area contributed by atoms with Crippen LogP contribution < -0.4 is 0 Å². The van der Waals surface area contributed by atoms with Crippen LogP contribution in [0.4, 0.5) is 35.1 Å². The summed E-state index contributed by atoms with van der Waals surface area (Å²) in [4.78, 5) is 0. The Morgan fingerprint density at radius 3 is 1.38 bits per heavy atom. The number of halogens is 9. The van der Waals surface area contributed by atoms with Gasteiger partial charge in [-0.1, -0.05) is 0 Å². The van der Waals surface area contributed by atoms with Crippen molar-refractivity contribution in [1.29, 1.82) is 0 Å². The van der Waals surface area contributed by atoms with Gasteiger partial charge in [-0.15, -0.1) is 0 Å². The monoisotopic (exact) mass is 300 g/mol. The van der Waals surface area contributed by atoms with Crippen LogP contribution in [0.5, 0.6) is 0 Å². The maximum absolute atomic E-state index is 12.3. The Balaban J connectivity index is 5.62. The lowest BCUT2D eigenvalue weighted by atomic mass is 10.2. The number of hydrogen-bond donors (Lipinski definition) is 1. The molecule has 0 aromatic rings. The summed E-state index contributed by atoms with van der Waals surface area (Å²) in [7, 11) is 0. The van der Waals surface area contributed by atoms with E-state index in [1.54, 1.807) is 0 Å². The fourth-order valence-corrected chi connectivity index (χ4v) is 0.937. The van der Waals surface area contributed by atoms with E-state index in [-0.39, 0.29) is 0 Å². The van der Waals surface area contributed by atoms with E-state index >= 15 is 0 Å². The van der Waals surface area contributed by atoms with Gasteiger partial charge in [0.15, 0.2) is 0 Å². The van der Waals surface area contributed by atoms with Gasteiger partial charge in [0.2, 0.25) is 11.1 Å². The van der Waals surface area contributed by atoms with Crippen molar-refractivity contribution in [3.05, 3.63) is 0 Å². The van der Waals surface area contributed by atoms with E-state index in [4.69, 9.17) is 4.55 Å². The lowest BCUT2D eigenvalue weighted by Gasteiger charge is -2.32. The van der Waals surface area contributed by atoms with E-state index in [1.807, 2.05) is 0 Å². The van der Waals surface area contributed by atoms with Crippen LogP contribution in [-0.2, 0) is 11.1 Å². The fraction of sp³-hybridized carbons (Fsp3) is 1.00. The molecule has 1 N–H and O–H groups in total. The minimum absolute atomic E-state index is 3.54. The van der Waals surface area contributed by atoms with Gasteiger partial charge in [0.25, 0.3) is 0 Å². The maximum Gasteiger partial charge on any atom is 0.413 e. The molecule has 0 saturated heterocycles. The molecule has 12 heteroatoms. The first-order chi connectivity index (χ1) is 6.69. The zero-order valence-electron chi connectivity index (χ0n) is 6.67. The van der Waals surface area contributed by atoms with Gasteiger partial charge in [-0.05, 0) is 11.6 Å². The molecule has 0 aromatic carbocycles. The highest BCUT2D eigenvalue weighted by molar-refractivity contribution is 7.80. The Morgan fingerprint density at radius 1 is 0.875 bits per heavy atom. The Morgan fingerprint density at radius 2 is 1.19 bits per heavy atom. The van der Waals surface area contributed by atoms with Gasteiger partial charge >= 0.3 is 22.5 Å². The molecular weight excluding hydrogens is 300 g/mol. The van der Waals surface area contributed by atoms with Gasteiger partial charge in [-0.3, -0.25) is 0 Å². The highest BCUT2D eigenvalue weighted by Crippen LogP contribution is 2.54. The van der Waals surface area contributed by atoms with Crippen molar-refractivity contribution in [3.8, 4) is 0 Å². The van der Waals surface area contributed by atoms with Crippen LogP contribution in [0.1, 0.15) is 0 Å². The third kappa shape index (κ3) is 2.12. The minimum atomic E-state index is -6.80. The summed E-state index contributed by atoms with van der Waals surface area (Å²) in [6.45, 7) is 0. The van der Waals surface area contributed by atoms with E-state index in [9.17, 15) is 39.3 Å². The summed E-state index contributed by atoms with van der Waals surface area (Å²) in [5, 5.41) is -12.3. The van der Waals surface area contributed by atoms with E-state index in [1.165, 1.54) is 0 Å². The average molecular weight is 301 g/mol. The number of alkyl halides is 9. The summed E-state index contributed by atoms with van der Waals surface area (Å²) in [6.07, 6.45) is 0. The van der Waals surface area contributed by atoms with Gasteiger partial charge < -0.3 is 4.55 Å². The molecule has 1 atom stereocenters. The van der Waals surface area contributed by atoms with Crippen molar-refractivity contribution >= 4 is 22.7 Å². The maximum atomic E-state index is 12.3. The average Bonchev–Trinajstić information content (AvgIpc) is 2.00. The molecule has 0 aliphatic carbocycles. The van der Waals surface area contributed by atoms with Gasteiger partial charge in [0.1, 0.15) is 0 Å². The zero-order chi connectivity index (χ0) is 13.6. The molecule has 0 radical (unpaired) electrons. The molecule has 0 fully saturated rings. The molecule has 0 spiro atoms. The van der Waals surface area contributed by atoms with Crippen molar-refractivity contribution in [2.45, 2.75) is 22.5 Å². The van der Waals surface area contributed by atoms with E-state index in [0.29, 0.717) is 0 Å². The first-order valence-corrected chi connectivity index (χ1v) is 4.49. The van der Waals surface area contributed by atoms with Crippen LogP contribution in [0, 0.1) is 0 Å². The molecule has 98 valence electrons. The first-order valence-electron chi connectivity index (χ1n) is 3.00. The number of hydrogen-bond acceptors (Lipinski definition) is 1. The van der Waals surface area contributed by atoms with Gasteiger partial charge in [-0.25, -0.2) is 4.21 Å². The lowest BCUT2D eigenvalue weighted by molar-refractivity contribution is -0.326. The molecule has 0 aliphatic heterocycles. The Bertz CT molecular complexity index is 299. The third-order valence-electron chi connectivity index (χ3n) is 1.34. The summed E-state index contributed by atoms with van der Waals surface area (Å²) in [5.74, 6) is -13.5. The molecule has 0 aliphatic rings. The molecule has 1 unspecified atom stereocenters. The van der Waals surface area contributed by atoms with Crippen molar-refractivity contribution in [2.24, 2.45) is 0 Å². The highest BCUT2D eigenvalue weighted by atomic mass is 35.5. The van der Waals surface area contributed by atoms with Crippen LogP contribution in [0.3, 0.4) is 0 Å². The summed E-state index contributed by atoms with van der Waals surface area (Å²) in [6, 6.07) is 0. The summed E-state index contributed by atoms with van der Waals surface area (Å²) in [5.41, 5.74) is 0. The molecule has 16 heavy (non-hydrogen) atoms. The second-order valence-corrected chi connectivity index (χ2v) is 3.90. The van der Waals surface area contributed by atoms with Crippen LogP contribution in [0.25, 0.3) is 0 Å². The molecule has 0 amide bonds. The quantitative estimate of drug-likeness (QED) is 0.492. The zero-order valence-corrected chi connectivity index (χ0v) is 8.24. The van der Waals surface area contributed by atoms with Crippen molar-refractivity contribution in [2.75, 3.05) is 0 Å². The molecular formula is C4HClF8O2S. The second-order valence-electron chi connectivity index (χ2n) is 2.41. The molecule has 0 saturated carbocycles. The van der Waals surface area contributed by atoms with Crippen LogP contribution in [0.2, 0.25) is 0 Å². The minimum Gasteiger partial charge on any atom is -0.301 e. The summed E-state index contributed by atoms with van der Waals surface area (Å²) < 4.78 is 114. The number of rotatable bonds is 4. The lowest BCUT2D eigenvalue weighted by Crippen LogP contribution is -2.61. The normalized spacial score (nSPS) is 17.4. The molecule has 0 heterocycles. The second kappa shape index (κ2) is 3.95. The Kier molecular flexibility index (Phi) is 3.91. The molecule has 0 rings (SSSR count). The Labute approximate surface area is 89.8 Å². The van der Waals surface area contributed by atoms with Crippen molar-refractivity contribution < 1.29 is 43.9 Å². The van der Waals surface area contributed by atoms with Crippen LogP contribution >= 0.6 is 11.6 Å². The van der Waals surface area contributed by atoms with Gasteiger partial charge in [0, 0.05) is 0 Å². The van der Waals surface area contributed by atoms with E-state index < -0.39 is 33.6 Å². The fourth-order valence-electron chi connectivity index (χ4n) is 0.470. The predicted molar refractivity (Wildman–Crippen MR) is 36.4 cm³/mol. The van der Waals surface area contributed by atoms with Gasteiger partial charge in [0.05, 0.1) is 0 Å². The largest absolute Gasteiger partial charge is 0.413 e. The third-order valence-corrected chi connectivity index (χ3v) is 2.27. The Hall–Kier alpha value is -0.160. The van der Waals surface area contributed by atoms with E-state index in [0.717, 1.165) is 0 Å². The van der Waals surface area contributed by atoms with E-state index in [2.05, 4.69) is 11.6 Å². The summed E-state index contributed by atoms with van der Waals surface area (Å²) >= 11 is -1.24. The van der Waals surface area contributed by atoms with Crippen molar-refractivity contribution in [1.82, 2.24) is 0 Å². The molecule has 0 bridgehead atoms. The topological polar surface area (TPSA) is 37.3 Å². The SMILES string of the molecule is O=S(O)C(F)(F)C(F)(F)C(F)(F)C(F)(F)Cl. The standard InChI is InChI=1S/C4HClF8O2S/c5-3(10,11)1(6,7)2(8,9)4(12,13)16(14)15/h(H,14,15). The van der Waals surface area contributed by atoms with Crippen LogP contribution in [0.15, 0.2) is 0 Å². The smallest absolute Gasteiger partial charge is 0.301 e.